The Morgan fingerprint density at radius 3 is 2.48 bits per heavy atom. The van der Waals surface area contributed by atoms with Crippen LogP contribution in [-0.4, -0.2) is 12.6 Å². The van der Waals surface area contributed by atoms with Crippen LogP contribution in [0.3, 0.4) is 0 Å². The summed E-state index contributed by atoms with van der Waals surface area (Å²) in [6.45, 7) is 4.44. The fourth-order valence-electron chi connectivity index (χ4n) is 4.26. The van der Waals surface area contributed by atoms with Crippen molar-refractivity contribution in [3.63, 3.8) is 0 Å². The van der Waals surface area contributed by atoms with E-state index in [1.165, 1.54) is 11.1 Å². The molecule has 1 saturated carbocycles. The molecule has 0 spiro atoms. The Bertz CT molecular complexity index is 1110. The number of hydrogen-bond donors (Lipinski definition) is 0. The second kappa shape index (κ2) is 6.77. The summed E-state index contributed by atoms with van der Waals surface area (Å²) in [5.74, 6) is 1.80. The zero-order valence-electron chi connectivity index (χ0n) is 16.8. The number of rotatable bonds is 5. The van der Waals surface area contributed by atoms with E-state index in [0.29, 0.717) is 12.2 Å². The van der Waals surface area contributed by atoms with Gasteiger partial charge in [0, 0.05) is 6.42 Å². The first-order valence-electron chi connectivity index (χ1n) is 10.2. The number of carbonyl (C=O) groups excluding carboxylic acids is 1. The number of benzene rings is 3. The van der Waals surface area contributed by atoms with Crippen LogP contribution in [-0.2, 0) is 16.6 Å². The number of hydrogen-bond acceptors (Lipinski definition) is 3. The predicted octanol–water partition coefficient (Wildman–Crippen LogP) is 5.54. The van der Waals surface area contributed by atoms with Gasteiger partial charge >= 0.3 is 0 Å². The summed E-state index contributed by atoms with van der Waals surface area (Å²) in [4.78, 5) is 13.4. The van der Waals surface area contributed by atoms with Crippen LogP contribution >= 0.6 is 0 Å². The maximum atomic E-state index is 13.4. The Kier molecular flexibility index (Phi) is 4.20. The number of carbonyl (C=O) groups is 1. The second-order valence-electron chi connectivity index (χ2n) is 8.26. The van der Waals surface area contributed by atoms with Gasteiger partial charge in [0.15, 0.2) is 11.5 Å². The third kappa shape index (κ3) is 3.21. The molecular weight excluding hydrogens is 360 g/mol. The summed E-state index contributed by atoms with van der Waals surface area (Å²) in [5.41, 5.74) is 6.55. The molecular formula is C26H24O3. The van der Waals surface area contributed by atoms with Crippen LogP contribution in [0.15, 0.2) is 60.7 Å². The van der Waals surface area contributed by atoms with Crippen LogP contribution < -0.4 is 9.47 Å². The standard InChI is InChI=1S/C26H24O3/c1-17-4-3-5-19(12-17)20-7-6-18(2)21(13-20)14-25(27)26(10-11-26)22-8-9-23-24(15-22)29-16-28-23/h3-9,12-13,15H,10-11,14,16H2,1-2H3. The van der Waals surface area contributed by atoms with Gasteiger partial charge in [-0.25, -0.2) is 0 Å². The highest BCUT2D eigenvalue weighted by molar-refractivity contribution is 5.95. The third-order valence-electron chi connectivity index (χ3n) is 6.26. The van der Waals surface area contributed by atoms with E-state index in [4.69, 9.17) is 9.47 Å². The second-order valence-corrected chi connectivity index (χ2v) is 8.26. The van der Waals surface area contributed by atoms with Crippen molar-refractivity contribution in [2.75, 3.05) is 6.79 Å². The van der Waals surface area contributed by atoms with Crippen LogP contribution in [0.25, 0.3) is 11.1 Å². The minimum atomic E-state index is -0.368. The van der Waals surface area contributed by atoms with Crippen molar-refractivity contribution < 1.29 is 14.3 Å². The Hall–Kier alpha value is -3.07. The molecule has 1 aliphatic carbocycles. The lowest BCUT2D eigenvalue weighted by molar-refractivity contribution is -0.120. The van der Waals surface area contributed by atoms with E-state index in [-0.39, 0.29) is 12.2 Å². The van der Waals surface area contributed by atoms with Crippen molar-refractivity contribution in [1.82, 2.24) is 0 Å². The summed E-state index contributed by atoms with van der Waals surface area (Å²) in [6, 6.07) is 20.9. The topological polar surface area (TPSA) is 35.5 Å². The van der Waals surface area contributed by atoms with Crippen molar-refractivity contribution in [1.29, 1.82) is 0 Å². The van der Waals surface area contributed by atoms with Gasteiger partial charge in [-0.2, -0.15) is 0 Å². The molecule has 0 saturated heterocycles. The summed E-state index contributed by atoms with van der Waals surface area (Å²) < 4.78 is 10.9. The molecule has 3 aromatic rings. The summed E-state index contributed by atoms with van der Waals surface area (Å²) >= 11 is 0. The highest BCUT2D eigenvalue weighted by atomic mass is 16.7. The van der Waals surface area contributed by atoms with Gasteiger partial charge < -0.3 is 9.47 Å². The van der Waals surface area contributed by atoms with Crippen LogP contribution in [0, 0.1) is 13.8 Å². The van der Waals surface area contributed by atoms with Gasteiger partial charge in [0.05, 0.1) is 5.41 Å². The molecule has 0 atom stereocenters. The smallest absolute Gasteiger partial charge is 0.231 e. The van der Waals surface area contributed by atoms with E-state index in [1.54, 1.807) is 0 Å². The summed E-state index contributed by atoms with van der Waals surface area (Å²) in [5, 5.41) is 0. The zero-order valence-corrected chi connectivity index (χ0v) is 16.8. The van der Waals surface area contributed by atoms with Crippen molar-refractivity contribution in [3.05, 3.63) is 82.9 Å². The van der Waals surface area contributed by atoms with Crippen LogP contribution in [0.1, 0.15) is 35.1 Å². The van der Waals surface area contributed by atoms with Crippen LogP contribution in [0.5, 0.6) is 11.5 Å². The average Bonchev–Trinajstić information content (AvgIpc) is 3.40. The molecule has 0 N–H and O–H groups in total. The molecule has 1 fully saturated rings. The van der Waals surface area contributed by atoms with Gasteiger partial charge in [-0.1, -0.05) is 54.1 Å². The van der Waals surface area contributed by atoms with Gasteiger partial charge in [0.25, 0.3) is 0 Å². The van der Waals surface area contributed by atoms with Gasteiger partial charge in [-0.3, -0.25) is 4.79 Å². The first kappa shape index (κ1) is 18.0. The zero-order chi connectivity index (χ0) is 20.0. The van der Waals surface area contributed by atoms with Crippen molar-refractivity contribution in [2.45, 2.75) is 38.5 Å². The molecule has 3 heteroatoms. The molecule has 0 aromatic heterocycles. The molecule has 3 nitrogen and oxygen atoms in total. The normalized spacial score (nSPS) is 15.9. The SMILES string of the molecule is Cc1cccc(-c2ccc(C)c(CC(=O)C3(c4ccc5c(c4)OCO5)CC3)c2)c1. The quantitative estimate of drug-likeness (QED) is 0.579. The van der Waals surface area contributed by atoms with E-state index < -0.39 is 0 Å². The lowest BCUT2D eigenvalue weighted by Crippen LogP contribution is -2.22. The largest absolute Gasteiger partial charge is 0.454 e. The highest BCUT2D eigenvalue weighted by Crippen LogP contribution is 2.51. The lowest BCUT2D eigenvalue weighted by Gasteiger charge is -2.17. The maximum Gasteiger partial charge on any atom is 0.231 e. The van der Waals surface area contributed by atoms with E-state index in [1.807, 2.05) is 18.2 Å². The van der Waals surface area contributed by atoms with Crippen molar-refractivity contribution >= 4 is 5.78 Å². The molecule has 29 heavy (non-hydrogen) atoms. The molecule has 0 amide bonds. The minimum Gasteiger partial charge on any atom is -0.454 e. The number of aryl methyl sites for hydroxylation is 2. The van der Waals surface area contributed by atoms with Gasteiger partial charge in [-0.15, -0.1) is 0 Å². The van der Waals surface area contributed by atoms with Crippen molar-refractivity contribution in [2.24, 2.45) is 0 Å². The minimum absolute atomic E-state index is 0.255. The van der Waals surface area contributed by atoms with E-state index in [0.717, 1.165) is 46.6 Å². The number of fused-ring (bicyclic) bond motifs is 1. The summed E-state index contributed by atoms with van der Waals surface area (Å²) in [6.07, 6.45) is 2.27. The van der Waals surface area contributed by atoms with Gasteiger partial charge in [0.2, 0.25) is 6.79 Å². The fraction of sp³-hybridized carbons (Fsp3) is 0.269. The van der Waals surface area contributed by atoms with Crippen LogP contribution in [0.2, 0.25) is 0 Å². The lowest BCUT2D eigenvalue weighted by atomic mass is 9.86. The van der Waals surface area contributed by atoms with E-state index in [9.17, 15) is 4.79 Å². The number of Topliss-reactive ketones (excluding diaryl/α,β-unsaturated/α-hetero) is 1. The molecule has 1 aliphatic heterocycles. The molecule has 0 unspecified atom stereocenters. The number of ether oxygens (including phenoxy) is 2. The van der Waals surface area contributed by atoms with Gasteiger partial charge in [-0.05, 0) is 66.6 Å². The molecule has 0 bridgehead atoms. The molecule has 2 aliphatic rings. The van der Waals surface area contributed by atoms with Gasteiger partial charge in [0.1, 0.15) is 5.78 Å². The van der Waals surface area contributed by atoms with Crippen LogP contribution in [0.4, 0.5) is 0 Å². The monoisotopic (exact) mass is 384 g/mol. The molecule has 3 aromatic carbocycles. The first-order valence-corrected chi connectivity index (χ1v) is 10.2. The first-order chi connectivity index (χ1) is 14.0. The molecule has 0 radical (unpaired) electrons. The van der Waals surface area contributed by atoms with E-state index in [2.05, 4.69) is 56.3 Å². The Balaban J connectivity index is 1.43. The molecule has 146 valence electrons. The maximum absolute atomic E-state index is 13.4. The average molecular weight is 384 g/mol. The summed E-state index contributed by atoms with van der Waals surface area (Å²) in [7, 11) is 0. The van der Waals surface area contributed by atoms with Crippen molar-refractivity contribution in [3.8, 4) is 22.6 Å². The Morgan fingerprint density at radius 2 is 1.69 bits per heavy atom. The fourth-order valence-corrected chi connectivity index (χ4v) is 4.26. The Labute approximate surface area is 171 Å². The highest BCUT2D eigenvalue weighted by Gasteiger charge is 2.50. The third-order valence-corrected chi connectivity index (χ3v) is 6.26. The Morgan fingerprint density at radius 1 is 0.897 bits per heavy atom. The predicted molar refractivity (Wildman–Crippen MR) is 114 cm³/mol. The number of ketones is 1. The van der Waals surface area contributed by atoms with E-state index >= 15 is 0 Å². The molecule has 1 heterocycles. The molecule has 5 rings (SSSR count).